The van der Waals surface area contributed by atoms with Gasteiger partial charge in [0.25, 0.3) is 5.91 Å². The number of anilines is 1. The smallest absolute Gasteiger partial charge is 0.256 e. The number of hydrogen-bond donors (Lipinski definition) is 1. The lowest BCUT2D eigenvalue weighted by Gasteiger charge is -2.09. The highest BCUT2D eigenvalue weighted by Crippen LogP contribution is 2.17. The Labute approximate surface area is 119 Å². The average Bonchev–Trinajstić information content (AvgIpc) is 2.36. The summed E-state index contributed by atoms with van der Waals surface area (Å²) < 4.78 is 2.27. The number of aryl methyl sites for hydroxylation is 2. The molecule has 0 aliphatic carbocycles. The van der Waals surface area contributed by atoms with Gasteiger partial charge in [-0.05, 0) is 30.7 Å². The molecule has 1 aromatic carbocycles. The van der Waals surface area contributed by atoms with E-state index in [-0.39, 0.29) is 11.5 Å². The van der Waals surface area contributed by atoms with E-state index >= 15 is 0 Å². The molecule has 4 nitrogen and oxygen atoms in total. The first-order valence-electron chi connectivity index (χ1n) is 5.71. The molecular formula is C14H13BrN2O2. The van der Waals surface area contributed by atoms with Crippen molar-refractivity contribution < 1.29 is 4.79 Å². The molecule has 0 atom stereocenters. The fraction of sp³-hybridized carbons (Fsp3) is 0.143. The summed E-state index contributed by atoms with van der Waals surface area (Å²) in [5.41, 5.74) is 1.97. The second kappa shape index (κ2) is 5.40. The number of amides is 1. The SMILES string of the molecule is Cc1ccc(Br)cc1C(=O)Nc1ccc(=O)n(C)c1. The Kier molecular flexibility index (Phi) is 3.85. The number of carbonyl (C=O) groups excluding carboxylic acids is 1. The summed E-state index contributed by atoms with van der Waals surface area (Å²) in [6.07, 6.45) is 1.59. The van der Waals surface area contributed by atoms with Gasteiger partial charge in [0.05, 0.1) is 5.69 Å². The summed E-state index contributed by atoms with van der Waals surface area (Å²) in [6, 6.07) is 8.54. The highest BCUT2D eigenvalue weighted by atomic mass is 79.9. The van der Waals surface area contributed by atoms with Crippen LogP contribution in [0.4, 0.5) is 5.69 Å². The third-order valence-corrected chi connectivity index (χ3v) is 3.28. The van der Waals surface area contributed by atoms with Crippen molar-refractivity contribution in [2.45, 2.75) is 6.92 Å². The summed E-state index contributed by atoms with van der Waals surface area (Å²) in [5, 5.41) is 2.77. The molecule has 2 aromatic rings. The quantitative estimate of drug-likeness (QED) is 0.925. The van der Waals surface area contributed by atoms with Crippen LogP contribution in [-0.2, 0) is 7.05 Å². The summed E-state index contributed by atoms with van der Waals surface area (Å²) in [5.74, 6) is -0.197. The number of halogens is 1. The summed E-state index contributed by atoms with van der Waals surface area (Å²) >= 11 is 3.35. The van der Waals surface area contributed by atoms with Crippen LogP contribution >= 0.6 is 15.9 Å². The minimum atomic E-state index is -0.197. The zero-order chi connectivity index (χ0) is 14.0. The molecule has 98 valence electrons. The highest BCUT2D eigenvalue weighted by Gasteiger charge is 2.10. The zero-order valence-corrected chi connectivity index (χ0v) is 12.2. The maximum atomic E-state index is 12.2. The maximum absolute atomic E-state index is 12.2. The van der Waals surface area contributed by atoms with Crippen LogP contribution in [0.5, 0.6) is 0 Å². The van der Waals surface area contributed by atoms with E-state index in [4.69, 9.17) is 0 Å². The van der Waals surface area contributed by atoms with Gasteiger partial charge in [-0.25, -0.2) is 0 Å². The Balaban J connectivity index is 2.28. The molecule has 1 amide bonds. The molecular weight excluding hydrogens is 308 g/mol. The Morgan fingerprint density at radius 1 is 1.26 bits per heavy atom. The summed E-state index contributed by atoms with van der Waals surface area (Å²) in [4.78, 5) is 23.4. The molecule has 1 aromatic heterocycles. The van der Waals surface area contributed by atoms with Gasteiger partial charge in [-0.15, -0.1) is 0 Å². The number of pyridine rings is 1. The van der Waals surface area contributed by atoms with E-state index in [0.717, 1.165) is 10.0 Å². The van der Waals surface area contributed by atoms with Crippen LogP contribution in [0.2, 0.25) is 0 Å². The average molecular weight is 321 g/mol. The molecule has 0 saturated carbocycles. The van der Waals surface area contributed by atoms with Gasteiger partial charge >= 0.3 is 0 Å². The second-order valence-electron chi connectivity index (χ2n) is 4.28. The van der Waals surface area contributed by atoms with Crippen molar-refractivity contribution in [3.05, 3.63) is 62.5 Å². The lowest BCUT2D eigenvalue weighted by molar-refractivity contribution is 0.102. The van der Waals surface area contributed by atoms with Crippen molar-refractivity contribution >= 4 is 27.5 Å². The number of nitrogens with zero attached hydrogens (tertiary/aromatic N) is 1. The predicted molar refractivity (Wildman–Crippen MR) is 78.5 cm³/mol. The van der Waals surface area contributed by atoms with Crippen LogP contribution in [0, 0.1) is 6.92 Å². The van der Waals surface area contributed by atoms with Crippen LogP contribution in [0.1, 0.15) is 15.9 Å². The molecule has 1 heterocycles. The molecule has 0 fully saturated rings. The van der Waals surface area contributed by atoms with Gasteiger partial charge in [0.15, 0.2) is 0 Å². The topological polar surface area (TPSA) is 51.1 Å². The van der Waals surface area contributed by atoms with Gasteiger partial charge < -0.3 is 9.88 Å². The molecule has 0 bridgehead atoms. The van der Waals surface area contributed by atoms with Gasteiger partial charge in [0.1, 0.15) is 0 Å². The number of benzene rings is 1. The predicted octanol–water partition coefficient (Wildman–Crippen LogP) is 2.71. The van der Waals surface area contributed by atoms with Gasteiger partial charge in [-0.1, -0.05) is 22.0 Å². The molecule has 2 rings (SSSR count). The van der Waals surface area contributed by atoms with E-state index < -0.39 is 0 Å². The van der Waals surface area contributed by atoms with Crippen molar-refractivity contribution in [2.75, 3.05) is 5.32 Å². The number of aromatic nitrogens is 1. The van der Waals surface area contributed by atoms with Gasteiger partial charge in [-0.3, -0.25) is 9.59 Å². The Morgan fingerprint density at radius 3 is 2.68 bits per heavy atom. The third-order valence-electron chi connectivity index (χ3n) is 2.79. The van der Waals surface area contributed by atoms with E-state index in [9.17, 15) is 9.59 Å². The van der Waals surface area contributed by atoms with Crippen molar-refractivity contribution in [3.63, 3.8) is 0 Å². The largest absolute Gasteiger partial charge is 0.321 e. The molecule has 0 spiro atoms. The van der Waals surface area contributed by atoms with E-state index in [1.165, 1.54) is 10.6 Å². The van der Waals surface area contributed by atoms with Crippen LogP contribution in [0.25, 0.3) is 0 Å². The minimum absolute atomic E-state index is 0.114. The lowest BCUT2D eigenvalue weighted by atomic mass is 10.1. The molecule has 0 unspecified atom stereocenters. The number of nitrogens with one attached hydrogen (secondary N) is 1. The van der Waals surface area contributed by atoms with Crippen molar-refractivity contribution in [1.29, 1.82) is 0 Å². The Hall–Kier alpha value is -1.88. The maximum Gasteiger partial charge on any atom is 0.256 e. The molecule has 1 N–H and O–H groups in total. The van der Waals surface area contributed by atoms with Gasteiger partial charge in [-0.2, -0.15) is 0 Å². The molecule has 5 heteroatoms. The van der Waals surface area contributed by atoms with E-state index in [0.29, 0.717) is 11.3 Å². The highest BCUT2D eigenvalue weighted by molar-refractivity contribution is 9.10. The normalized spacial score (nSPS) is 10.3. The fourth-order valence-electron chi connectivity index (χ4n) is 1.71. The molecule has 0 saturated heterocycles. The van der Waals surface area contributed by atoms with Gasteiger partial charge in [0, 0.05) is 29.3 Å². The van der Waals surface area contributed by atoms with Crippen LogP contribution < -0.4 is 10.9 Å². The molecule has 0 radical (unpaired) electrons. The molecule has 0 aliphatic heterocycles. The number of carbonyl (C=O) groups is 1. The first-order valence-corrected chi connectivity index (χ1v) is 6.51. The van der Waals surface area contributed by atoms with E-state index in [1.807, 2.05) is 19.1 Å². The number of rotatable bonds is 2. The Bertz CT molecular complexity index is 692. The second-order valence-corrected chi connectivity index (χ2v) is 5.20. The zero-order valence-electron chi connectivity index (χ0n) is 10.6. The van der Waals surface area contributed by atoms with E-state index in [1.54, 1.807) is 25.4 Å². The first kappa shape index (κ1) is 13.5. The Morgan fingerprint density at radius 2 is 2.00 bits per heavy atom. The van der Waals surface area contributed by atoms with Crippen molar-refractivity contribution in [3.8, 4) is 0 Å². The van der Waals surface area contributed by atoms with Crippen LogP contribution in [0.15, 0.2) is 45.8 Å². The summed E-state index contributed by atoms with van der Waals surface area (Å²) in [6.45, 7) is 1.88. The van der Waals surface area contributed by atoms with Crippen molar-refractivity contribution in [1.82, 2.24) is 4.57 Å². The molecule has 0 aliphatic rings. The first-order chi connectivity index (χ1) is 8.97. The lowest BCUT2D eigenvalue weighted by Crippen LogP contribution is -2.18. The summed E-state index contributed by atoms with van der Waals surface area (Å²) in [7, 11) is 1.64. The molecule has 19 heavy (non-hydrogen) atoms. The van der Waals surface area contributed by atoms with Crippen LogP contribution in [0.3, 0.4) is 0 Å². The number of hydrogen-bond acceptors (Lipinski definition) is 2. The van der Waals surface area contributed by atoms with E-state index in [2.05, 4.69) is 21.2 Å². The van der Waals surface area contributed by atoms with Crippen LogP contribution in [-0.4, -0.2) is 10.5 Å². The van der Waals surface area contributed by atoms with Gasteiger partial charge in [0.2, 0.25) is 5.56 Å². The standard InChI is InChI=1S/C14H13BrN2O2/c1-9-3-4-10(15)7-12(9)14(19)16-11-5-6-13(18)17(2)8-11/h3-8H,1-2H3,(H,16,19). The van der Waals surface area contributed by atoms with Crippen molar-refractivity contribution in [2.24, 2.45) is 7.05 Å². The monoisotopic (exact) mass is 320 g/mol. The third kappa shape index (κ3) is 3.12. The fourth-order valence-corrected chi connectivity index (χ4v) is 2.07. The minimum Gasteiger partial charge on any atom is -0.321 e.